The number of ether oxygens (including phenoxy) is 1. The van der Waals surface area contributed by atoms with Crippen LogP contribution in [0.1, 0.15) is 54.9 Å². The molecule has 2 atom stereocenters. The lowest BCUT2D eigenvalue weighted by molar-refractivity contribution is -0.0803. The van der Waals surface area contributed by atoms with Crippen molar-refractivity contribution in [2.24, 2.45) is 5.92 Å². The summed E-state index contributed by atoms with van der Waals surface area (Å²) < 4.78 is 6.37. The van der Waals surface area contributed by atoms with Gasteiger partial charge in [-0.3, -0.25) is 4.90 Å². The fourth-order valence-corrected chi connectivity index (χ4v) is 3.66. The van der Waals surface area contributed by atoms with Crippen LogP contribution in [0, 0.1) is 5.92 Å². The fraction of sp³-hybridized carbons (Fsp3) is 1.00. The van der Waals surface area contributed by atoms with Crippen LogP contribution in [0.2, 0.25) is 0 Å². The first-order chi connectivity index (χ1) is 9.65. The molecule has 0 saturated carbocycles. The molecular weight excluding hydrogens is 264 g/mol. The molecule has 4 heteroatoms. The lowest BCUT2D eigenvalue weighted by atomic mass is 9.81. The molecule has 126 valence electrons. The average Bonchev–Trinajstić information content (AvgIpc) is 2.51. The van der Waals surface area contributed by atoms with Crippen LogP contribution in [0.5, 0.6) is 0 Å². The third-order valence-corrected chi connectivity index (χ3v) is 4.73. The van der Waals surface area contributed by atoms with E-state index >= 15 is 0 Å². The molecular formula is C17H36N2O2. The van der Waals surface area contributed by atoms with E-state index in [4.69, 9.17) is 4.74 Å². The van der Waals surface area contributed by atoms with Crippen LogP contribution < -0.4 is 5.32 Å². The van der Waals surface area contributed by atoms with Crippen molar-refractivity contribution in [1.29, 1.82) is 0 Å². The molecule has 0 aromatic carbocycles. The van der Waals surface area contributed by atoms with E-state index in [-0.39, 0.29) is 17.8 Å². The van der Waals surface area contributed by atoms with Gasteiger partial charge in [-0.05, 0) is 54.5 Å². The van der Waals surface area contributed by atoms with E-state index < -0.39 is 0 Å². The minimum atomic E-state index is -0.162. The van der Waals surface area contributed by atoms with Gasteiger partial charge in [0.2, 0.25) is 0 Å². The first kappa shape index (κ1) is 18.9. The zero-order chi connectivity index (χ0) is 16.3. The lowest BCUT2D eigenvalue weighted by Gasteiger charge is -2.36. The summed E-state index contributed by atoms with van der Waals surface area (Å²) in [5.74, 6) is 0.410. The molecule has 0 aromatic rings. The molecule has 0 bridgehead atoms. The molecule has 1 rings (SSSR count). The van der Waals surface area contributed by atoms with E-state index in [2.05, 4.69) is 58.7 Å². The third kappa shape index (κ3) is 4.65. The van der Waals surface area contributed by atoms with Gasteiger partial charge in [-0.25, -0.2) is 0 Å². The van der Waals surface area contributed by atoms with Crippen molar-refractivity contribution in [2.45, 2.75) is 78.2 Å². The normalized spacial score (nSPS) is 27.7. The highest BCUT2D eigenvalue weighted by Crippen LogP contribution is 2.42. The monoisotopic (exact) mass is 300 g/mol. The Balaban J connectivity index is 2.91. The molecule has 0 radical (unpaired) electrons. The molecule has 1 saturated heterocycles. The van der Waals surface area contributed by atoms with Crippen molar-refractivity contribution in [3.05, 3.63) is 0 Å². The van der Waals surface area contributed by atoms with Crippen LogP contribution in [0.25, 0.3) is 0 Å². The maximum atomic E-state index is 9.31. The molecule has 2 unspecified atom stereocenters. The van der Waals surface area contributed by atoms with Crippen molar-refractivity contribution in [2.75, 3.05) is 26.2 Å². The minimum absolute atomic E-state index is 0.155. The van der Waals surface area contributed by atoms with Gasteiger partial charge in [0, 0.05) is 31.1 Å². The number of hydrogen-bond acceptors (Lipinski definition) is 4. The molecule has 2 N–H and O–H groups in total. The zero-order valence-corrected chi connectivity index (χ0v) is 15.1. The van der Waals surface area contributed by atoms with E-state index in [0.29, 0.717) is 18.0 Å². The Hall–Kier alpha value is -0.160. The number of aliphatic hydroxyl groups is 1. The van der Waals surface area contributed by atoms with Crippen LogP contribution in [-0.2, 0) is 4.74 Å². The van der Waals surface area contributed by atoms with Gasteiger partial charge >= 0.3 is 0 Å². The molecule has 0 spiro atoms. The summed E-state index contributed by atoms with van der Waals surface area (Å²) in [5, 5.41) is 13.0. The molecule has 21 heavy (non-hydrogen) atoms. The van der Waals surface area contributed by atoms with Crippen molar-refractivity contribution < 1.29 is 9.84 Å². The van der Waals surface area contributed by atoms with Crippen LogP contribution in [0.4, 0.5) is 0 Å². The Kier molecular flexibility index (Phi) is 6.66. The number of nitrogens with one attached hydrogen (secondary N) is 1. The molecule has 0 aliphatic carbocycles. The third-order valence-electron chi connectivity index (χ3n) is 4.73. The summed E-state index contributed by atoms with van der Waals surface area (Å²) in [6.07, 6.45) is 1.13. The summed E-state index contributed by atoms with van der Waals surface area (Å²) in [5.41, 5.74) is -0.317. The molecule has 0 amide bonds. The molecule has 1 aliphatic rings. The highest BCUT2D eigenvalue weighted by Gasteiger charge is 2.53. The number of nitrogens with zero attached hydrogens (tertiary/aromatic N) is 1. The maximum absolute atomic E-state index is 9.31. The van der Waals surface area contributed by atoms with Gasteiger partial charge in [0.05, 0.1) is 17.8 Å². The Bertz CT molecular complexity index is 316. The van der Waals surface area contributed by atoms with Crippen molar-refractivity contribution in [1.82, 2.24) is 10.2 Å². The van der Waals surface area contributed by atoms with Gasteiger partial charge < -0.3 is 15.2 Å². The molecule has 0 aromatic heterocycles. The lowest BCUT2D eigenvalue weighted by Crippen LogP contribution is -2.52. The SMILES string of the molecule is CCCNC1C(CN(CCO)C(C)C)C(C)(C)OC1(C)C. The Morgan fingerprint density at radius 1 is 1.19 bits per heavy atom. The fourth-order valence-electron chi connectivity index (χ4n) is 3.66. The first-order valence-electron chi connectivity index (χ1n) is 8.44. The Morgan fingerprint density at radius 2 is 1.81 bits per heavy atom. The van der Waals surface area contributed by atoms with Gasteiger partial charge in [-0.15, -0.1) is 0 Å². The van der Waals surface area contributed by atoms with Crippen molar-refractivity contribution in [3.8, 4) is 0 Å². The number of aliphatic hydroxyl groups excluding tert-OH is 1. The number of hydrogen-bond donors (Lipinski definition) is 2. The van der Waals surface area contributed by atoms with Crippen LogP contribution in [0.3, 0.4) is 0 Å². The van der Waals surface area contributed by atoms with E-state index in [1.165, 1.54) is 0 Å². The van der Waals surface area contributed by atoms with Gasteiger partial charge in [0.1, 0.15) is 0 Å². The topological polar surface area (TPSA) is 44.7 Å². The van der Waals surface area contributed by atoms with E-state index in [0.717, 1.165) is 26.1 Å². The average molecular weight is 300 g/mol. The highest BCUT2D eigenvalue weighted by atomic mass is 16.5. The van der Waals surface area contributed by atoms with E-state index in [1.54, 1.807) is 0 Å². The first-order valence-corrected chi connectivity index (χ1v) is 8.44. The zero-order valence-electron chi connectivity index (χ0n) is 15.1. The standard InChI is InChI=1S/C17H36N2O2/c1-8-9-18-15-14(12-19(10-11-20)13(2)3)16(4,5)21-17(15,6)7/h13-15,18,20H,8-12H2,1-7H3. The van der Waals surface area contributed by atoms with Gasteiger partial charge in [-0.2, -0.15) is 0 Å². The summed E-state index contributed by atoms with van der Waals surface area (Å²) in [6, 6.07) is 0.774. The summed E-state index contributed by atoms with van der Waals surface area (Å²) in [4.78, 5) is 2.36. The Labute approximate surface area is 131 Å². The van der Waals surface area contributed by atoms with Gasteiger partial charge in [0.15, 0.2) is 0 Å². The van der Waals surface area contributed by atoms with Gasteiger partial charge in [0.25, 0.3) is 0 Å². The van der Waals surface area contributed by atoms with Crippen molar-refractivity contribution in [3.63, 3.8) is 0 Å². The van der Waals surface area contributed by atoms with Crippen LogP contribution >= 0.6 is 0 Å². The smallest absolute Gasteiger partial charge is 0.0790 e. The quantitative estimate of drug-likeness (QED) is 0.722. The molecule has 4 nitrogen and oxygen atoms in total. The minimum Gasteiger partial charge on any atom is -0.395 e. The molecule has 1 heterocycles. The Morgan fingerprint density at radius 3 is 2.29 bits per heavy atom. The van der Waals surface area contributed by atoms with Gasteiger partial charge in [-0.1, -0.05) is 6.92 Å². The number of rotatable bonds is 8. The summed E-state index contributed by atoms with van der Waals surface area (Å²) in [7, 11) is 0. The summed E-state index contributed by atoms with van der Waals surface area (Å²) >= 11 is 0. The van der Waals surface area contributed by atoms with Crippen LogP contribution in [-0.4, -0.2) is 59.5 Å². The second-order valence-corrected chi connectivity index (χ2v) is 7.66. The van der Waals surface area contributed by atoms with E-state index in [1.807, 2.05) is 0 Å². The maximum Gasteiger partial charge on any atom is 0.0790 e. The molecule has 1 fully saturated rings. The van der Waals surface area contributed by atoms with Crippen LogP contribution in [0.15, 0.2) is 0 Å². The predicted molar refractivity (Wildman–Crippen MR) is 88.6 cm³/mol. The highest BCUT2D eigenvalue weighted by molar-refractivity contribution is 5.06. The second-order valence-electron chi connectivity index (χ2n) is 7.66. The predicted octanol–water partition coefficient (Wildman–Crippen LogP) is 2.26. The second kappa shape index (κ2) is 7.40. The summed E-state index contributed by atoms with van der Waals surface area (Å²) in [6.45, 7) is 18.3. The van der Waals surface area contributed by atoms with Crippen molar-refractivity contribution >= 4 is 0 Å². The largest absolute Gasteiger partial charge is 0.395 e. The van der Waals surface area contributed by atoms with E-state index in [9.17, 15) is 5.11 Å². The molecule has 1 aliphatic heterocycles.